The molecule has 2 rings (SSSR count). The van der Waals surface area contributed by atoms with Crippen molar-refractivity contribution < 1.29 is 32.6 Å². The first-order valence-electron chi connectivity index (χ1n) is 8.99. The van der Waals surface area contributed by atoms with Gasteiger partial charge in [0.25, 0.3) is 5.91 Å². The predicted octanol–water partition coefficient (Wildman–Crippen LogP) is 3.19. The van der Waals surface area contributed by atoms with Crippen LogP contribution in [0.3, 0.4) is 0 Å². The highest BCUT2D eigenvalue weighted by Gasteiger charge is 2.10. The lowest BCUT2D eigenvalue weighted by Gasteiger charge is -2.10. The van der Waals surface area contributed by atoms with Crippen LogP contribution in [0.5, 0.6) is 11.5 Å². The average Bonchev–Trinajstić information content (AvgIpc) is 2.68. The molecule has 0 aliphatic carbocycles. The SMILES string of the molecule is Cc1ccc(C)c(OCC(=O)OCC(=O)NCCc2ccc(OC(F)F)cc2)c1. The summed E-state index contributed by atoms with van der Waals surface area (Å²) in [6.07, 6.45) is 0.490. The van der Waals surface area contributed by atoms with Gasteiger partial charge in [0.05, 0.1) is 0 Å². The van der Waals surface area contributed by atoms with Crippen molar-refractivity contribution in [1.29, 1.82) is 0 Å². The van der Waals surface area contributed by atoms with Gasteiger partial charge in [-0.1, -0.05) is 24.3 Å². The van der Waals surface area contributed by atoms with Gasteiger partial charge < -0.3 is 19.5 Å². The first-order valence-corrected chi connectivity index (χ1v) is 8.99. The predicted molar refractivity (Wildman–Crippen MR) is 102 cm³/mol. The van der Waals surface area contributed by atoms with Gasteiger partial charge in [-0.05, 0) is 55.2 Å². The molecule has 2 aromatic rings. The Hall–Kier alpha value is -3.16. The van der Waals surface area contributed by atoms with Crippen LogP contribution in [0.2, 0.25) is 0 Å². The van der Waals surface area contributed by atoms with E-state index in [1.54, 1.807) is 12.1 Å². The molecule has 0 unspecified atom stereocenters. The molecule has 1 amide bonds. The van der Waals surface area contributed by atoms with Crippen molar-refractivity contribution in [2.24, 2.45) is 0 Å². The normalized spacial score (nSPS) is 10.5. The molecule has 1 N–H and O–H groups in total. The summed E-state index contributed by atoms with van der Waals surface area (Å²) in [5.74, 6) is -0.419. The molecule has 0 aliphatic heterocycles. The molecule has 2 aromatic carbocycles. The van der Waals surface area contributed by atoms with Crippen molar-refractivity contribution >= 4 is 11.9 Å². The van der Waals surface area contributed by atoms with Crippen molar-refractivity contribution in [3.63, 3.8) is 0 Å². The Balaban J connectivity index is 1.63. The van der Waals surface area contributed by atoms with Gasteiger partial charge in [0.2, 0.25) is 0 Å². The summed E-state index contributed by atoms with van der Waals surface area (Å²) in [6, 6.07) is 11.8. The van der Waals surface area contributed by atoms with E-state index < -0.39 is 25.1 Å². The fraction of sp³-hybridized carbons (Fsp3) is 0.333. The van der Waals surface area contributed by atoms with E-state index in [1.807, 2.05) is 32.0 Å². The van der Waals surface area contributed by atoms with Crippen molar-refractivity contribution in [1.82, 2.24) is 5.32 Å². The first-order chi connectivity index (χ1) is 13.8. The van der Waals surface area contributed by atoms with Gasteiger partial charge in [-0.2, -0.15) is 8.78 Å². The van der Waals surface area contributed by atoms with E-state index in [-0.39, 0.29) is 12.4 Å². The Bertz CT molecular complexity index is 824. The number of nitrogens with one attached hydrogen (secondary N) is 1. The molecule has 0 spiro atoms. The molecule has 0 saturated carbocycles. The molecule has 0 fully saturated rings. The number of carbonyl (C=O) groups is 2. The zero-order chi connectivity index (χ0) is 21.2. The quantitative estimate of drug-likeness (QED) is 0.613. The minimum Gasteiger partial charge on any atom is -0.482 e. The molecular weight excluding hydrogens is 384 g/mol. The number of esters is 1. The third-order valence-electron chi connectivity index (χ3n) is 3.94. The molecule has 0 bridgehead atoms. The Kier molecular flexibility index (Phi) is 8.39. The van der Waals surface area contributed by atoms with Gasteiger partial charge in [0.15, 0.2) is 13.2 Å². The van der Waals surface area contributed by atoms with Crippen LogP contribution in [0.15, 0.2) is 42.5 Å². The highest BCUT2D eigenvalue weighted by molar-refractivity contribution is 5.80. The number of hydrogen-bond donors (Lipinski definition) is 1. The number of halogens is 2. The molecule has 0 radical (unpaired) electrons. The smallest absolute Gasteiger partial charge is 0.387 e. The number of amides is 1. The summed E-state index contributed by atoms with van der Waals surface area (Å²) >= 11 is 0. The second-order valence-electron chi connectivity index (χ2n) is 6.34. The number of alkyl halides is 2. The van der Waals surface area contributed by atoms with Crippen molar-refractivity contribution in [2.45, 2.75) is 26.9 Å². The lowest BCUT2D eigenvalue weighted by Crippen LogP contribution is -2.31. The third kappa shape index (κ3) is 8.16. The van der Waals surface area contributed by atoms with Crippen LogP contribution in [-0.4, -0.2) is 38.2 Å². The van der Waals surface area contributed by atoms with Crippen LogP contribution in [0, 0.1) is 13.8 Å². The topological polar surface area (TPSA) is 73.9 Å². The summed E-state index contributed by atoms with van der Waals surface area (Å²) in [4.78, 5) is 23.5. The fourth-order valence-corrected chi connectivity index (χ4v) is 2.42. The summed E-state index contributed by atoms with van der Waals surface area (Å²) in [5.41, 5.74) is 2.75. The van der Waals surface area contributed by atoms with E-state index >= 15 is 0 Å². The van der Waals surface area contributed by atoms with E-state index in [0.717, 1.165) is 16.7 Å². The standard InChI is InChI=1S/C21H23F2NO5/c1-14-3-4-15(2)18(11-14)27-13-20(26)28-12-19(25)24-10-9-16-5-7-17(8-6-16)29-21(22)23/h3-8,11,21H,9-10,12-13H2,1-2H3,(H,24,25). The largest absolute Gasteiger partial charge is 0.482 e. The van der Waals surface area contributed by atoms with Crippen molar-refractivity contribution in [2.75, 3.05) is 19.8 Å². The number of ether oxygens (including phenoxy) is 3. The van der Waals surface area contributed by atoms with Crippen molar-refractivity contribution in [3.05, 3.63) is 59.2 Å². The Morgan fingerprint density at radius 3 is 2.45 bits per heavy atom. The molecule has 156 valence electrons. The maximum atomic E-state index is 12.1. The van der Waals surface area contributed by atoms with Gasteiger partial charge in [0.1, 0.15) is 11.5 Å². The summed E-state index contributed by atoms with van der Waals surface area (Å²) in [6.45, 7) is 0.535. The maximum absolute atomic E-state index is 12.1. The van der Waals surface area contributed by atoms with Gasteiger partial charge in [-0.25, -0.2) is 4.79 Å². The van der Waals surface area contributed by atoms with E-state index in [2.05, 4.69) is 10.1 Å². The Labute approximate surface area is 167 Å². The van der Waals surface area contributed by atoms with Crippen LogP contribution in [0.4, 0.5) is 8.78 Å². The van der Waals surface area contributed by atoms with Crippen molar-refractivity contribution in [3.8, 4) is 11.5 Å². The number of hydrogen-bond acceptors (Lipinski definition) is 5. The van der Waals surface area contributed by atoms with Gasteiger partial charge in [0, 0.05) is 6.54 Å². The van der Waals surface area contributed by atoms with E-state index in [0.29, 0.717) is 18.7 Å². The molecule has 0 aromatic heterocycles. The zero-order valence-electron chi connectivity index (χ0n) is 16.2. The summed E-state index contributed by atoms with van der Waals surface area (Å²) in [7, 11) is 0. The average molecular weight is 407 g/mol. The fourth-order valence-electron chi connectivity index (χ4n) is 2.42. The lowest BCUT2D eigenvalue weighted by atomic mass is 10.1. The molecular formula is C21H23F2NO5. The molecule has 29 heavy (non-hydrogen) atoms. The minimum absolute atomic E-state index is 0.0720. The second kappa shape index (κ2) is 11.0. The van der Waals surface area contributed by atoms with Gasteiger partial charge >= 0.3 is 12.6 Å². The lowest BCUT2D eigenvalue weighted by molar-refractivity contribution is -0.150. The van der Waals surface area contributed by atoms with E-state index in [4.69, 9.17) is 9.47 Å². The van der Waals surface area contributed by atoms with Gasteiger partial charge in [-0.15, -0.1) is 0 Å². The zero-order valence-corrected chi connectivity index (χ0v) is 16.2. The highest BCUT2D eigenvalue weighted by Crippen LogP contribution is 2.19. The summed E-state index contributed by atoms with van der Waals surface area (Å²) in [5, 5.41) is 2.62. The number of benzene rings is 2. The molecule has 0 saturated heterocycles. The number of rotatable bonds is 10. The van der Waals surface area contributed by atoms with E-state index in [1.165, 1.54) is 12.1 Å². The third-order valence-corrected chi connectivity index (χ3v) is 3.94. The molecule has 0 heterocycles. The maximum Gasteiger partial charge on any atom is 0.387 e. The monoisotopic (exact) mass is 407 g/mol. The van der Waals surface area contributed by atoms with Gasteiger partial charge in [-0.3, -0.25) is 4.79 Å². The minimum atomic E-state index is -2.87. The first kappa shape index (κ1) is 22.1. The second-order valence-corrected chi connectivity index (χ2v) is 6.34. The highest BCUT2D eigenvalue weighted by atomic mass is 19.3. The number of aryl methyl sites for hydroxylation is 2. The summed E-state index contributed by atoms with van der Waals surface area (Å²) < 4.78 is 38.8. The molecule has 0 aliphatic rings. The van der Waals surface area contributed by atoms with Crippen LogP contribution >= 0.6 is 0 Å². The molecule has 6 nitrogen and oxygen atoms in total. The Morgan fingerprint density at radius 2 is 1.76 bits per heavy atom. The Morgan fingerprint density at radius 1 is 1.03 bits per heavy atom. The van der Waals surface area contributed by atoms with Crippen LogP contribution in [0.1, 0.15) is 16.7 Å². The van der Waals surface area contributed by atoms with Crippen LogP contribution in [0.25, 0.3) is 0 Å². The van der Waals surface area contributed by atoms with E-state index in [9.17, 15) is 18.4 Å². The molecule has 0 atom stereocenters. The number of carbonyl (C=O) groups excluding carboxylic acids is 2. The molecule has 8 heteroatoms. The van der Waals surface area contributed by atoms with Crippen LogP contribution in [-0.2, 0) is 20.7 Å². The van der Waals surface area contributed by atoms with Crippen LogP contribution < -0.4 is 14.8 Å².